The minimum Gasteiger partial charge on any atom is -0.394 e. The highest BCUT2D eigenvalue weighted by molar-refractivity contribution is 6.66. The van der Waals surface area contributed by atoms with E-state index in [4.69, 9.17) is 23.1 Å². The molecule has 0 aromatic heterocycles. The molecule has 0 bridgehead atoms. The molecular formula is C14H33NO5Si2. The van der Waals surface area contributed by atoms with Gasteiger partial charge in [-0.05, 0) is 27.3 Å². The summed E-state index contributed by atoms with van der Waals surface area (Å²) in [6.45, 7) is 13.6. The first-order valence-electron chi connectivity index (χ1n) is 8.32. The average Bonchev–Trinajstić information content (AvgIpc) is 2.46. The van der Waals surface area contributed by atoms with Gasteiger partial charge in [0.25, 0.3) is 0 Å². The second kappa shape index (κ2) is 9.48. The van der Waals surface area contributed by atoms with Gasteiger partial charge in [-0.3, -0.25) is 4.90 Å². The van der Waals surface area contributed by atoms with Crippen LogP contribution in [0.3, 0.4) is 0 Å². The van der Waals surface area contributed by atoms with Gasteiger partial charge < -0.3 is 23.1 Å². The molecule has 0 aromatic carbocycles. The van der Waals surface area contributed by atoms with Gasteiger partial charge in [-0.2, -0.15) is 0 Å². The van der Waals surface area contributed by atoms with Crippen LogP contribution in [0, 0.1) is 0 Å². The van der Waals surface area contributed by atoms with Crippen LogP contribution in [-0.4, -0.2) is 80.9 Å². The van der Waals surface area contributed by atoms with Crippen LogP contribution in [0.5, 0.6) is 0 Å². The van der Waals surface area contributed by atoms with E-state index in [0.717, 1.165) is 12.7 Å². The van der Waals surface area contributed by atoms with Gasteiger partial charge in [0.2, 0.25) is 0 Å². The lowest BCUT2D eigenvalue weighted by Crippen LogP contribution is -2.69. The molecule has 0 aromatic rings. The summed E-state index contributed by atoms with van der Waals surface area (Å²) >= 11 is 0. The molecule has 2 atom stereocenters. The van der Waals surface area contributed by atoms with Gasteiger partial charge in [0.1, 0.15) is 9.52 Å². The third kappa shape index (κ3) is 5.10. The Bertz CT molecular complexity index is 318. The van der Waals surface area contributed by atoms with Crippen LogP contribution in [-0.2, 0) is 23.1 Å². The van der Waals surface area contributed by atoms with Gasteiger partial charge in [-0.15, -0.1) is 0 Å². The summed E-state index contributed by atoms with van der Waals surface area (Å²) in [6, 6.07) is 0. The number of methoxy groups -OCH3 is 1. The zero-order chi connectivity index (χ0) is 16.6. The third-order valence-electron chi connectivity index (χ3n) is 3.79. The summed E-state index contributed by atoms with van der Waals surface area (Å²) < 4.78 is 29.7. The van der Waals surface area contributed by atoms with Crippen molar-refractivity contribution in [3.05, 3.63) is 0 Å². The molecule has 0 amide bonds. The van der Waals surface area contributed by atoms with Crippen molar-refractivity contribution in [2.75, 3.05) is 46.3 Å². The smallest absolute Gasteiger partial charge is 0.350 e. The molecule has 1 saturated heterocycles. The molecular weight excluding hydrogens is 318 g/mol. The second-order valence-corrected chi connectivity index (χ2v) is 10.3. The first-order valence-corrected chi connectivity index (χ1v) is 13.0. The van der Waals surface area contributed by atoms with Crippen LogP contribution in [0.25, 0.3) is 0 Å². The molecule has 22 heavy (non-hydrogen) atoms. The molecule has 0 aliphatic carbocycles. The quantitative estimate of drug-likeness (QED) is 0.430. The monoisotopic (exact) mass is 351 g/mol. The summed E-state index contributed by atoms with van der Waals surface area (Å²) in [5.41, 5.74) is -0.565. The Morgan fingerprint density at radius 3 is 2.32 bits per heavy atom. The molecule has 1 aliphatic rings. The van der Waals surface area contributed by atoms with Crippen molar-refractivity contribution < 1.29 is 23.1 Å². The SMILES string of the molecule is CCOC(OCC)([SiH2]C)N1CC(COC)O[Si](C)(OCC)C1. The Labute approximate surface area is 138 Å². The van der Waals surface area contributed by atoms with Crippen molar-refractivity contribution in [3.63, 3.8) is 0 Å². The molecule has 1 heterocycles. The molecule has 132 valence electrons. The number of rotatable bonds is 10. The topological polar surface area (TPSA) is 49.4 Å². The van der Waals surface area contributed by atoms with Crippen LogP contribution in [0.15, 0.2) is 0 Å². The van der Waals surface area contributed by atoms with Gasteiger partial charge in [-0.25, -0.2) is 0 Å². The van der Waals surface area contributed by atoms with Crippen molar-refractivity contribution in [3.8, 4) is 0 Å². The molecule has 2 unspecified atom stereocenters. The Morgan fingerprint density at radius 1 is 1.23 bits per heavy atom. The second-order valence-electron chi connectivity index (χ2n) is 5.57. The van der Waals surface area contributed by atoms with Gasteiger partial charge >= 0.3 is 8.56 Å². The Hall–Kier alpha value is 0.194. The maximum absolute atomic E-state index is 6.24. The minimum absolute atomic E-state index is 0.00260. The van der Waals surface area contributed by atoms with Crippen molar-refractivity contribution in [1.29, 1.82) is 0 Å². The van der Waals surface area contributed by atoms with Gasteiger partial charge in [0.05, 0.1) is 12.7 Å². The van der Waals surface area contributed by atoms with E-state index in [1.165, 1.54) is 0 Å². The van der Waals surface area contributed by atoms with E-state index in [1.807, 2.05) is 20.8 Å². The maximum atomic E-state index is 6.24. The highest BCUT2D eigenvalue weighted by atomic mass is 28.4. The number of hydrogen-bond donors (Lipinski definition) is 0. The van der Waals surface area contributed by atoms with Crippen molar-refractivity contribution in [1.82, 2.24) is 4.90 Å². The summed E-state index contributed by atoms with van der Waals surface area (Å²) in [6.07, 6.45) is 0.768. The largest absolute Gasteiger partial charge is 0.394 e. The third-order valence-corrected chi connectivity index (χ3v) is 8.23. The lowest BCUT2D eigenvalue weighted by atomic mass is 10.3. The maximum Gasteiger partial charge on any atom is 0.350 e. The summed E-state index contributed by atoms with van der Waals surface area (Å²) in [5.74, 6) is 0. The van der Waals surface area contributed by atoms with Gasteiger partial charge in [-0.1, -0.05) is 6.55 Å². The van der Waals surface area contributed by atoms with E-state index in [-0.39, 0.29) is 6.10 Å². The van der Waals surface area contributed by atoms with Crippen LogP contribution < -0.4 is 0 Å². The first kappa shape index (κ1) is 20.2. The van der Waals surface area contributed by atoms with Crippen LogP contribution in [0.2, 0.25) is 13.1 Å². The van der Waals surface area contributed by atoms with E-state index in [9.17, 15) is 0 Å². The van der Waals surface area contributed by atoms with Crippen molar-refractivity contribution in [2.45, 2.75) is 45.5 Å². The van der Waals surface area contributed by atoms with Crippen molar-refractivity contribution >= 4 is 18.1 Å². The number of ether oxygens (including phenoxy) is 3. The highest BCUT2D eigenvalue weighted by Crippen LogP contribution is 2.27. The van der Waals surface area contributed by atoms with Gasteiger partial charge in [0, 0.05) is 39.6 Å². The molecule has 0 spiro atoms. The Balaban J connectivity index is 3.00. The van der Waals surface area contributed by atoms with E-state index in [0.29, 0.717) is 26.4 Å². The predicted octanol–water partition coefficient (Wildman–Crippen LogP) is 0.883. The normalized spacial score (nSPS) is 27.8. The fourth-order valence-electron chi connectivity index (χ4n) is 3.10. The first-order chi connectivity index (χ1) is 10.5. The van der Waals surface area contributed by atoms with Crippen LogP contribution >= 0.6 is 0 Å². The van der Waals surface area contributed by atoms with Crippen LogP contribution in [0.4, 0.5) is 0 Å². The van der Waals surface area contributed by atoms with Gasteiger partial charge in [0.15, 0.2) is 5.53 Å². The summed E-state index contributed by atoms with van der Waals surface area (Å²) in [4.78, 5) is 2.31. The lowest BCUT2D eigenvalue weighted by Gasteiger charge is -2.50. The molecule has 0 radical (unpaired) electrons. The molecule has 0 N–H and O–H groups in total. The Kier molecular flexibility index (Phi) is 8.72. The fourth-order valence-corrected chi connectivity index (χ4v) is 7.59. The van der Waals surface area contributed by atoms with E-state index < -0.39 is 23.6 Å². The summed E-state index contributed by atoms with van der Waals surface area (Å²) in [7, 11) is -1.17. The minimum atomic E-state index is -2.28. The highest BCUT2D eigenvalue weighted by Gasteiger charge is 2.49. The number of nitrogens with zero attached hydrogens (tertiary/aromatic N) is 1. The standard InChI is InChI=1S/C14H33NO5Si2/c1-7-17-14(21-5,18-8-2)15-10-13(11-16-4)20-22(6,12-15)19-9-3/h13H,7-12,21H2,1-6H3. The van der Waals surface area contributed by atoms with E-state index >= 15 is 0 Å². The molecule has 1 aliphatic heterocycles. The van der Waals surface area contributed by atoms with E-state index in [2.05, 4.69) is 18.0 Å². The zero-order valence-corrected chi connectivity index (χ0v) is 17.4. The molecule has 0 saturated carbocycles. The molecule has 1 fully saturated rings. The predicted molar refractivity (Wildman–Crippen MR) is 92.0 cm³/mol. The number of hydrogen-bond acceptors (Lipinski definition) is 6. The molecule has 1 rings (SSSR count). The fraction of sp³-hybridized carbons (Fsp3) is 1.00. The van der Waals surface area contributed by atoms with Crippen LogP contribution in [0.1, 0.15) is 20.8 Å². The molecule has 8 heteroatoms. The zero-order valence-electron chi connectivity index (χ0n) is 15.0. The summed E-state index contributed by atoms with van der Waals surface area (Å²) in [5, 5.41) is 0. The lowest BCUT2D eigenvalue weighted by molar-refractivity contribution is -0.266. The van der Waals surface area contributed by atoms with Crippen molar-refractivity contribution in [2.24, 2.45) is 0 Å². The van der Waals surface area contributed by atoms with E-state index in [1.54, 1.807) is 7.11 Å². The molecule has 6 nitrogen and oxygen atoms in total. The average molecular weight is 352 g/mol. The Morgan fingerprint density at radius 2 is 1.86 bits per heavy atom.